The van der Waals surface area contributed by atoms with Crippen molar-refractivity contribution in [2.75, 3.05) is 4.90 Å². The topological polar surface area (TPSA) is 67.9 Å². The molecule has 160 valence electrons. The molecule has 0 aromatic heterocycles. The van der Waals surface area contributed by atoms with E-state index in [1.165, 1.54) is 18.2 Å². The van der Waals surface area contributed by atoms with Crippen molar-refractivity contribution in [3.05, 3.63) is 106 Å². The van der Waals surface area contributed by atoms with Crippen molar-refractivity contribution in [2.45, 2.75) is 18.0 Å². The fourth-order valence-corrected chi connectivity index (χ4v) is 5.29. The van der Waals surface area contributed by atoms with Crippen LogP contribution in [0.1, 0.15) is 27.4 Å². The molecule has 0 aliphatic carbocycles. The quantitative estimate of drug-likeness (QED) is 0.472. The highest BCUT2D eigenvalue weighted by molar-refractivity contribution is 6.30. The molecule has 3 aromatic rings. The van der Waals surface area contributed by atoms with Crippen LogP contribution < -0.4 is 4.90 Å². The number of hydrogen-bond donors (Lipinski definition) is 0. The predicted octanol–water partition coefficient (Wildman–Crippen LogP) is 5.76. The van der Waals surface area contributed by atoms with Crippen LogP contribution in [0.15, 0.2) is 78.9 Å². The van der Waals surface area contributed by atoms with E-state index >= 15 is 0 Å². The average molecular weight is 454 g/mol. The van der Waals surface area contributed by atoms with E-state index < -0.39 is 29.2 Å². The fourth-order valence-electron chi connectivity index (χ4n) is 5.11. The Morgan fingerprint density at radius 1 is 1.00 bits per heavy atom. The number of Topliss-reactive ketones (excluding diaryl/α,β-unsaturated/α-hetero) is 1. The zero-order valence-corrected chi connectivity index (χ0v) is 18.1. The summed E-state index contributed by atoms with van der Waals surface area (Å²) in [4.78, 5) is 15.8. The molecule has 33 heavy (non-hydrogen) atoms. The molecule has 0 spiro atoms. The number of ketones is 1. The summed E-state index contributed by atoms with van der Waals surface area (Å²) >= 11 is 6.20. The Bertz CT molecular complexity index is 1360. The molecule has 0 radical (unpaired) electrons. The molecule has 2 aliphatic heterocycles. The summed E-state index contributed by atoms with van der Waals surface area (Å²) in [6.07, 6.45) is 3.60. The van der Waals surface area contributed by atoms with Crippen LogP contribution >= 0.6 is 11.6 Å². The highest BCUT2D eigenvalue weighted by Gasteiger charge is 2.63. The standard InChI is InChI=1S/C27H17ClFN3O/c28-20-10-11-22-18(13-20)9-12-23-27(15-30,16-31)24(19-7-4-8-21(29)14-19)25(32(22)23)26(33)17-5-2-1-3-6-17/h1-14,23-25H/t23-,24+,25+/m0/s1. The van der Waals surface area contributed by atoms with E-state index in [-0.39, 0.29) is 5.78 Å². The predicted molar refractivity (Wildman–Crippen MR) is 124 cm³/mol. The van der Waals surface area contributed by atoms with Gasteiger partial charge in [0.2, 0.25) is 0 Å². The molecule has 3 atom stereocenters. The molecular weight excluding hydrogens is 437 g/mol. The van der Waals surface area contributed by atoms with Crippen molar-refractivity contribution in [1.29, 1.82) is 10.5 Å². The van der Waals surface area contributed by atoms with Crippen LogP contribution in [0.25, 0.3) is 6.08 Å². The Hall–Kier alpha value is -3.93. The fraction of sp³-hybridized carbons (Fsp3) is 0.148. The van der Waals surface area contributed by atoms with Gasteiger partial charge in [-0.3, -0.25) is 4.79 Å². The maximum Gasteiger partial charge on any atom is 0.185 e. The van der Waals surface area contributed by atoms with Gasteiger partial charge < -0.3 is 4.90 Å². The smallest absolute Gasteiger partial charge is 0.185 e. The number of rotatable bonds is 3. The van der Waals surface area contributed by atoms with Gasteiger partial charge in [-0.2, -0.15) is 10.5 Å². The lowest BCUT2D eigenvalue weighted by atomic mass is 9.69. The highest BCUT2D eigenvalue weighted by atomic mass is 35.5. The summed E-state index contributed by atoms with van der Waals surface area (Å²) in [5, 5.41) is 21.3. The minimum Gasteiger partial charge on any atom is -0.351 e. The third-order valence-electron chi connectivity index (χ3n) is 6.50. The van der Waals surface area contributed by atoms with Crippen LogP contribution in [0, 0.1) is 33.9 Å². The number of fused-ring (bicyclic) bond motifs is 3. The minimum absolute atomic E-state index is 0.238. The summed E-state index contributed by atoms with van der Waals surface area (Å²) in [5.74, 6) is -1.61. The van der Waals surface area contributed by atoms with Crippen molar-refractivity contribution in [3.63, 3.8) is 0 Å². The molecule has 1 saturated heterocycles. The van der Waals surface area contributed by atoms with Crippen molar-refractivity contribution in [2.24, 2.45) is 5.41 Å². The first-order valence-electron chi connectivity index (χ1n) is 10.4. The van der Waals surface area contributed by atoms with Crippen molar-refractivity contribution >= 4 is 29.1 Å². The molecule has 0 bridgehead atoms. The number of nitrogens with zero attached hydrogens (tertiary/aromatic N) is 3. The lowest BCUT2D eigenvalue weighted by Gasteiger charge is -2.35. The van der Waals surface area contributed by atoms with Crippen LogP contribution in [0.3, 0.4) is 0 Å². The van der Waals surface area contributed by atoms with E-state index in [1.807, 2.05) is 17.0 Å². The Morgan fingerprint density at radius 3 is 2.45 bits per heavy atom. The summed E-state index contributed by atoms with van der Waals surface area (Å²) in [6.45, 7) is 0. The van der Waals surface area contributed by atoms with E-state index in [0.717, 1.165) is 5.56 Å². The normalized spacial score (nSPS) is 22.1. The Kier molecular flexibility index (Phi) is 5.01. The molecule has 3 aromatic carbocycles. The number of nitriles is 2. The SMILES string of the molecule is N#CC1(C#N)[C@H](c2cccc(F)c2)[C@H](C(=O)c2ccccc2)N2c3ccc(Cl)cc3C=C[C@H]21. The number of anilines is 1. The van der Waals surface area contributed by atoms with E-state index in [4.69, 9.17) is 11.6 Å². The molecule has 0 amide bonds. The van der Waals surface area contributed by atoms with Gasteiger partial charge in [-0.25, -0.2) is 4.39 Å². The number of hydrogen-bond acceptors (Lipinski definition) is 4. The summed E-state index contributed by atoms with van der Waals surface area (Å²) in [7, 11) is 0. The third kappa shape index (κ3) is 3.13. The van der Waals surface area contributed by atoms with Gasteiger partial charge in [0, 0.05) is 22.2 Å². The molecule has 0 N–H and O–H groups in total. The summed E-state index contributed by atoms with van der Waals surface area (Å²) < 4.78 is 14.3. The second kappa shape index (κ2) is 7.89. The zero-order chi connectivity index (χ0) is 23.2. The Balaban J connectivity index is 1.80. The summed E-state index contributed by atoms with van der Waals surface area (Å²) in [5.41, 5.74) is 0.769. The van der Waals surface area contributed by atoms with E-state index in [9.17, 15) is 19.7 Å². The lowest BCUT2D eigenvalue weighted by molar-refractivity contribution is 0.0951. The molecular formula is C27H17ClFN3O. The van der Waals surface area contributed by atoms with Gasteiger partial charge in [-0.15, -0.1) is 0 Å². The van der Waals surface area contributed by atoms with Crippen LogP contribution in [0.2, 0.25) is 5.02 Å². The minimum atomic E-state index is -1.61. The molecule has 1 fully saturated rings. The first-order valence-corrected chi connectivity index (χ1v) is 10.8. The van der Waals surface area contributed by atoms with E-state index in [2.05, 4.69) is 12.1 Å². The van der Waals surface area contributed by atoms with Crippen LogP contribution in [0.4, 0.5) is 10.1 Å². The van der Waals surface area contributed by atoms with E-state index in [0.29, 0.717) is 21.8 Å². The third-order valence-corrected chi connectivity index (χ3v) is 6.74. The van der Waals surface area contributed by atoms with Crippen LogP contribution in [-0.4, -0.2) is 17.9 Å². The number of carbonyl (C=O) groups is 1. The van der Waals surface area contributed by atoms with Gasteiger partial charge >= 0.3 is 0 Å². The average Bonchev–Trinajstić information content (AvgIpc) is 3.14. The molecule has 5 rings (SSSR count). The molecule has 0 saturated carbocycles. The van der Waals surface area contributed by atoms with Gasteiger partial charge in [0.15, 0.2) is 11.2 Å². The largest absolute Gasteiger partial charge is 0.351 e. The van der Waals surface area contributed by atoms with Gasteiger partial charge in [-0.05, 0) is 41.5 Å². The zero-order valence-electron chi connectivity index (χ0n) is 17.3. The second-order valence-corrected chi connectivity index (χ2v) is 8.65. The first kappa shape index (κ1) is 20.9. The van der Waals surface area contributed by atoms with Gasteiger partial charge in [0.05, 0.1) is 18.2 Å². The Morgan fingerprint density at radius 2 is 1.76 bits per heavy atom. The van der Waals surface area contributed by atoms with E-state index in [1.54, 1.807) is 54.6 Å². The molecule has 6 heteroatoms. The number of carbonyl (C=O) groups excluding carboxylic acids is 1. The molecule has 0 unspecified atom stereocenters. The van der Waals surface area contributed by atoms with Gasteiger partial charge in [-0.1, -0.05) is 66.2 Å². The number of benzene rings is 3. The highest BCUT2D eigenvalue weighted by Crippen LogP contribution is 2.55. The van der Waals surface area contributed by atoms with Crippen LogP contribution in [-0.2, 0) is 0 Å². The maximum atomic E-state index is 14.3. The van der Waals surface area contributed by atoms with Gasteiger partial charge in [0.1, 0.15) is 11.9 Å². The monoisotopic (exact) mass is 453 g/mol. The maximum absolute atomic E-state index is 14.3. The lowest BCUT2D eigenvalue weighted by Crippen LogP contribution is -2.44. The molecule has 4 nitrogen and oxygen atoms in total. The van der Waals surface area contributed by atoms with Crippen LogP contribution in [0.5, 0.6) is 0 Å². The number of halogens is 2. The van der Waals surface area contributed by atoms with Crippen molar-refractivity contribution in [1.82, 2.24) is 0 Å². The summed E-state index contributed by atoms with van der Waals surface area (Å²) in [6, 6.07) is 22.7. The van der Waals surface area contributed by atoms with Crippen molar-refractivity contribution in [3.8, 4) is 12.1 Å². The first-order chi connectivity index (χ1) is 16.0. The van der Waals surface area contributed by atoms with Crippen molar-refractivity contribution < 1.29 is 9.18 Å². The Labute approximate surface area is 195 Å². The molecule has 2 heterocycles. The second-order valence-electron chi connectivity index (χ2n) is 8.21. The van der Waals surface area contributed by atoms with Gasteiger partial charge in [0.25, 0.3) is 0 Å². The molecule has 2 aliphatic rings.